The zero-order chi connectivity index (χ0) is 18.4. The van der Waals surface area contributed by atoms with Gasteiger partial charge in [-0.3, -0.25) is 0 Å². The van der Waals surface area contributed by atoms with E-state index in [2.05, 4.69) is 42.8 Å². The zero-order valence-corrected chi connectivity index (χ0v) is 19.2. The van der Waals surface area contributed by atoms with Crippen LogP contribution in [0.2, 0.25) is 0 Å². The number of nitrogens with one attached hydrogen (secondary N) is 1. The molecule has 1 saturated heterocycles. The molecule has 0 amide bonds. The van der Waals surface area contributed by atoms with Crippen molar-refractivity contribution in [3.05, 3.63) is 29.2 Å². The third-order valence-electron chi connectivity index (χ3n) is 4.54. The fourth-order valence-corrected chi connectivity index (χ4v) is 3.64. The van der Waals surface area contributed by atoms with Crippen molar-refractivity contribution >= 4 is 46.3 Å². The van der Waals surface area contributed by atoms with E-state index in [-0.39, 0.29) is 24.0 Å². The van der Waals surface area contributed by atoms with Crippen molar-refractivity contribution in [3.63, 3.8) is 0 Å². The Morgan fingerprint density at radius 1 is 1.30 bits per heavy atom. The summed E-state index contributed by atoms with van der Waals surface area (Å²) in [4.78, 5) is 9.53. The quantitative estimate of drug-likeness (QED) is 0.279. The van der Waals surface area contributed by atoms with Gasteiger partial charge in [0.25, 0.3) is 0 Å². The van der Waals surface area contributed by atoms with Crippen LogP contribution in [0.15, 0.2) is 22.5 Å². The van der Waals surface area contributed by atoms with E-state index < -0.39 is 0 Å². The Morgan fingerprint density at radius 3 is 2.67 bits per heavy atom. The number of nitrogens with zero attached hydrogens (tertiary/aromatic N) is 6. The molecular formula is C17H28IN7OS. The molecule has 1 aliphatic heterocycles. The molecule has 150 valence electrons. The Balaban J connectivity index is 0.00000261. The van der Waals surface area contributed by atoms with Gasteiger partial charge in [-0.15, -0.1) is 45.5 Å². The number of anilines is 1. The second-order valence-electron chi connectivity index (χ2n) is 6.21. The third-order valence-corrected chi connectivity index (χ3v) is 5.47. The summed E-state index contributed by atoms with van der Waals surface area (Å²) in [5.41, 5.74) is 0. The number of guanidine groups is 1. The van der Waals surface area contributed by atoms with Crippen LogP contribution in [-0.2, 0) is 18.3 Å². The number of piperazine rings is 1. The lowest BCUT2D eigenvalue weighted by Crippen LogP contribution is -2.52. The number of aliphatic imine (C=N–C) groups is 1. The Hall–Kier alpha value is -1.40. The molecule has 0 atom stereocenters. The Morgan fingerprint density at radius 2 is 2.07 bits per heavy atom. The topological polar surface area (TPSA) is 70.8 Å². The summed E-state index contributed by atoms with van der Waals surface area (Å²) in [7, 11) is 3.68. The van der Waals surface area contributed by atoms with Gasteiger partial charge in [0.1, 0.15) is 12.4 Å². The lowest BCUT2D eigenvalue weighted by Gasteiger charge is -2.37. The first kappa shape index (κ1) is 21.9. The number of thiophene rings is 1. The van der Waals surface area contributed by atoms with E-state index in [1.54, 1.807) is 18.4 Å². The SMILES string of the molecule is COCCNC(=NCc1nnc(C)n1C)N1CCN(c2cccs2)CC1.I. The van der Waals surface area contributed by atoms with Crippen LogP contribution in [0.5, 0.6) is 0 Å². The summed E-state index contributed by atoms with van der Waals surface area (Å²) >= 11 is 1.79. The van der Waals surface area contributed by atoms with Crippen molar-refractivity contribution in [1.82, 2.24) is 25.0 Å². The van der Waals surface area contributed by atoms with Crippen molar-refractivity contribution in [1.29, 1.82) is 0 Å². The minimum atomic E-state index is 0. The van der Waals surface area contributed by atoms with Crippen molar-refractivity contribution in [3.8, 4) is 0 Å². The minimum absolute atomic E-state index is 0. The predicted octanol–water partition coefficient (Wildman–Crippen LogP) is 1.72. The molecule has 0 aromatic carbocycles. The van der Waals surface area contributed by atoms with Crippen molar-refractivity contribution < 1.29 is 4.74 Å². The fraction of sp³-hybridized carbons (Fsp3) is 0.588. The van der Waals surface area contributed by atoms with Gasteiger partial charge in [0, 0.05) is 46.9 Å². The Kier molecular flexibility index (Phi) is 8.77. The predicted molar refractivity (Wildman–Crippen MR) is 120 cm³/mol. The number of aromatic nitrogens is 3. The molecule has 27 heavy (non-hydrogen) atoms. The Labute approximate surface area is 181 Å². The standard InChI is InChI=1S/C17H27N7OS.HI/c1-14-20-21-15(22(14)2)13-19-17(18-6-11-25-3)24-9-7-23(8-10-24)16-5-4-12-26-16;/h4-5,12H,6-11,13H2,1-3H3,(H,18,19);1H. The molecule has 3 heterocycles. The van der Waals surface area contributed by atoms with Gasteiger partial charge in [-0.1, -0.05) is 0 Å². The molecule has 10 heteroatoms. The van der Waals surface area contributed by atoms with Gasteiger partial charge in [-0.25, -0.2) is 4.99 Å². The summed E-state index contributed by atoms with van der Waals surface area (Å²) in [6, 6.07) is 4.29. The van der Waals surface area contributed by atoms with Crippen LogP contribution in [0.25, 0.3) is 0 Å². The minimum Gasteiger partial charge on any atom is -0.383 e. The van der Waals surface area contributed by atoms with Gasteiger partial charge in [-0.2, -0.15) is 0 Å². The van der Waals surface area contributed by atoms with Crippen LogP contribution in [-0.4, -0.2) is 72.1 Å². The molecule has 2 aromatic heterocycles. The first-order valence-corrected chi connectivity index (χ1v) is 9.72. The molecule has 0 unspecified atom stereocenters. The normalized spacial score (nSPS) is 15.0. The monoisotopic (exact) mass is 505 g/mol. The van der Waals surface area contributed by atoms with Crippen LogP contribution in [0.1, 0.15) is 11.6 Å². The van der Waals surface area contributed by atoms with Crippen molar-refractivity contribution in [2.75, 3.05) is 51.3 Å². The number of hydrogen-bond acceptors (Lipinski definition) is 6. The van der Waals surface area contributed by atoms with Crippen LogP contribution in [0.4, 0.5) is 5.00 Å². The molecular weight excluding hydrogens is 477 g/mol. The van der Waals surface area contributed by atoms with Crippen LogP contribution < -0.4 is 10.2 Å². The molecule has 1 aliphatic rings. The zero-order valence-electron chi connectivity index (χ0n) is 16.1. The molecule has 2 aromatic rings. The molecule has 1 fully saturated rings. The molecule has 0 bridgehead atoms. The van der Waals surface area contributed by atoms with Gasteiger partial charge in [0.05, 0.1) is 11.6 Å². The average molecular weight is 505 g/mol. The maximum absolute atomic E-state index is 5.16. The molecule has 0 aliphatic carbocycles. The number of ether oxygens (including phenoxy) is 1. The highest BCUT2D eigenvalue weighted by Crippen LogP contribution is 2.22. The molecule has 3 rings (SSSR count). The largest absolute Gasteiger partial charge is 0.383 e. The second kappa shape index (κ2) is 10.8. The van der Waals surface area contributed by atoms with Crippen LogP contribution >= 0.6 is 35.3 Å². The van der Waals surface area contributed by atoms with E-state index in [1.807, 2.05) is 18.5 Å². The van der Waals surface area contributed by atoms with Crippen LogP contribution in [0, 0.1) is 6.92 Å². The van der Waals surface area contributed by atoms with E-state index in [9.17, 15) is 0 Å². The average Bonchev–Trinajstić information content (AvgIpc) is 3.30. The molecule has 0 radical (unpaired) electrons. The number of halogens is 1. The van der Waals surface area contributed by atoms with Gasteiger partial charge in [0.15, 0.2) is 11.8 Å². The van der Waals surface area contributed by atoms with Crippen molar-refractivity contribution in [2.45, 2.75) is 13.5 Å². The first-order valence-electron chi connectivity index (χ1n) is 8.84. The van der Waals surface area contributed by atoms with Crippen LogP contribution in [0.3, 0.4) is 0 Å². The molecule has 0 spiro atoms. The van der Waals surface area contributed by atoms with E-state index in [0.29, 0.717) is 13.2 Å². The smallest absolute Gasteiger partial charge is 0.194 e. The maximum Gasteiger partial charge on any atom is 0.194 e. The molecule has 1 N–H and O–H groups in total. The van der Waals surface area contributed by atoms with E-state index in [1.165, 1.54) is 5.00 Å². The van der Waals surface area contributed by atoms with Gasteiger partial charge < -0.3 is 24.4 Å². The highest BCUT2D eigenvalue weighted by Gasteiger charge is 2.20. The Bertz CT molecular complexity index is 711. The summed E-state index contributed by atoms with van der Waals surface area (Å²) in [5, 5.41) is 15.2. The number of methoxy groups -OCH3 is 1. The summed E-state index contributed by atoms with van der Waals surface area (Å²) in [6.45, 7) is 7.71. The lowest BCUT2D eigenvalue weighted by atomic mass is 10.3. The van der Waals surface area contributed by atoms with E-state index >= 15 is 0 Å². The maximum atomic E-state index is 5.16. The van der Waals surface area contributed by atoms with Gasteiger partial charge in [-0.05, 0) is 24.4 Å². The summed E-state index contributed by atoms with van der Waals surface area (Å²) < 4.78 is 7.14. The molecule has 0 saturated carbocycles. The molecule has 8 nitrogen and oxygen atoms in total. The summed E-state index contributed by atoms with van der Waals surface area (Å²) in [5.74, 6) is 2.67. The highest BCUT2D eigenvalue weighted by atomic mass is 127. The number of rotatable bonds is 6. The third kappa shape index (κ3) is 5.79. The van der Waals surface area contributed by atoms with Crippen molar-refractivity contribution in [2.24, 2.45) is 12.0 Å². The summed E-state index contributed by atoms with van der Waals surface area (Å²) in [6.07, 6.45) is 0. The lowest BCUT2D eigenvalue weighted by molar-refractivity contribution is 0.202. The number of aryl methyl sites for hydroxylation is 1. The van der Waals surface area contributed by atoms with Gasteiger partial charge >= 0.3 is 0 Å². The highest BCUT2D eigenvalue weighted by molar-refractivity contribution is 14.0. The number of hydrogen-bond donors (Lipinski definition) is 1. The second-order valence-corrected chi connectivity index (χ2v) is 7.13. The first-order chi connectivity index (χ1) is 12.7. The van der Waals surface area contributed by atoms with E-state index in [4.69, 9.17) is 9.73 Å². The van der Waals surface area contributed by atoms with Gasteiger partial charge in [0.2, 0.25) is 0 Å². The van der Waals surface area contributed by atoms with E-state index in [0.717, 1.165) is 50.3 Å². The fourth-order valence-electron chi connectivity index (χ4n) is 2.86.